The van der Waals surface area contributed by atoms with E-state index in [-0.39, 0.29) is 38.6 Å². The minimum atomic E-state index is -4.40. The van der Waals surface area contributed by atoms with Gasteiger partial charge < -0.3 is 20.1 Å². The van der Waals surface area contributed by atoms with Gasteiger partial charge in [-0.1, -0.05) is 270 Å². The quantitative estimate of drug-likeness (QED) is 0.0264. The fourth-order valence-corrected chi connectivity index (χ4v) is 8.90. The lowest BCUT2D eigenvalue weighted by Crippen LogP contribution is -2.29. The van der Waals surface area contributed by atoms with E-state index in [2.05, 4.69) is 135 Å². The molecule has 0 saturated carbocycles. The van der Waals surface area contributed by atoms with E-state index in [9.17, 15) is 19.0 Å². The van der Waals surface area contributed by atoms with Crippen molar-refractivity contribution in [3.8, 4) is 0 Å². The molecule has 9 nitrogen and oxygen atoms in total. The SMILES string of the molecule is CC/C=C\C/C=C\C/C=C\C/C=C\C/C=C\C/C=C\C/C=C\C/C=C\C/C=C\C/C=C\CCCCCCCCC(=O)OC(COC(=O)CCCCCCCCCCCCCCCCCCCC)COP(=O)(O)OCCN. The molecule has 0 amide bonds. The van der Waals surface area contributed by atoms with E-state index in [0.717, 1.165) is 122 Å². The van der Waals surface area contributed by atoms with E-state index in [1.54, 1.807) is 0 Å². The third-order valence-electron chi connectivity index (χ3n) is 12.6. The van der Waals surface area contributed by atoms with Crippen molar-refractivity contribution in [3.63, 3.8) is 0 Å². The van der Waals surface area contributed by atoms with Crippen molar-refractivity contribution in [3.05, 3.63) is 122 Å². The highest BCUT2D eigenvalue weighted by Crippen LogP contribution is 2.43. The average molecular weight is 1080 g/mol. The molecule has 0 saturated heterocycles. The molecule has 0 aromatic rings. The van der Waals surface area contributed by atoms with Gasteiger partial charge in [-0.3, -0.25) is 18.6 Å². The number of phosphoric ester groups is 1. The largest absolute Gasteiger partial charge is 0.472 e. The van der Waals surface area contributed by atoms with Gasteiger partial charge in [-0.05, 0) is 89.9 Å². The van der Waals surface area contributed by atoms with Gasteiger partial charge in [-0.15, -0.1) is 0 Å². The predicted molar refractivity (Wildman–Crippen MR) is 325 cm³/mol. The number of unbranched alkanes of at least 4 members (excludes halogenated alkanes) is 23. The van der Waals surface area contributed by atoms with Crippen LogP contribution < -0.4 is 5.73 Å². The molecular formula is C66H112NO8P. The first-order chi connectivity index (χ1) is 37.3. The maximum absolute atomic E-state index is 12.7. The van der Waals surface area contributed by atoms with Gasteiger partial charge in [0.25, 0.3) is 0 Å². The molecule has 0 rings (SSSR count). The summed E-state index contributed by atoms with van der Waals surface area (Å²) in [6.07, 6.45) is 84.0. The van der Waals surface area contributed by atoms with Crippen molar-refractivity contribution >= 4 is 19.8 Å². The van der Waals surface area contributed by atoms with Gasteiger partial charge in [0.1, 0.15) is 6.61 Å². The topological polar surface area (TPSA) is 134 Å². The van der Waals surface area contributed by atoms with Crippen molar-refractivity contribution < 1.29 is 37.6 Å². The summed E-state index contributed by atoms with van der Waals surface area (Å²) in [6, 6.07) is 0. The van der Waals surface area contributed by atoms with E-state index in [1.165, 1.54) is 96.3 Å². The highest BCUT2D eigenvalue weighted by Gasteiger charge is 2.26. The monoisotopic (exact) mass is 1080 g/mol. The maximum Gasteiger partial charge on any atom is 0.472 e. The predicted octanol–water partition coefficient (Wildman–Crippen LogP) is 19.6. The molecule has 0 aliphatic heterocycles. The molecule has 0 aliphatic rings. The Morgan fingerprint density at radius 2 is 0.724 bits per heavy atom. The van der Waals surface area contributed by atoms with Gasteiger partial charge in [-0.2, -0.15) is 0 Å². The molecule has 0 radical (unpaired) electrons. The second kappa shape index (κ2) is 60.6. The minimum absolute atomic E-state index is 0.0462. The molecule has 0 bridgehead atoms. The molecule has 434 valence electrons. The van der Waals surface area contributed by atoms with Crippen molar-refractivity contribution in [1.29, 1.82) is 0 Å². The summed E-state index contributed by atoms with van der Waals surface area (Å²) in [5, 5.41) is 0. The van der Waals surface area contributed by atoms with Crippen molar-refractivity contribution in [2.75, 3.05) is 26.4 Å². The highest BCUT2D eigenvalue weighted by atomic mass is 31.2. The van der Waals surface area contributed by atoms with Crippen LogP contribution in [0.3, 0.4) is 0 Å². The summed E-state index contributed by atoms with van der Waals surface area (Å²) in [6.45, 7) is 3.62. The second-order valence-corrected chi connectivity index (χ2v) is 21.3. The summed E-state index contributed by atoms with van der Waals surface area (Å²) >= 11 is 0. The van der Waals surface area contributed by atoms with Crippen LogP contribution in [-0.4, -0.2) is 49.3 Å². The zero-order chi connectivity index (χ0) is 55.2. The number of carbonyl (C=O) groups excluding carboxylic acids is 2. The Kier molecular flexibility index (Phi) is 57.8. The van der Waals surface area contributed by atoms with Crippen molar-refractivity contribution in [2.24, 2.45) is 5.73 Å². The van der Waals surface area contributed by atoms with Crippen LogP contribution in [0.4, 0.5) is 0 Å². The number of carbonyl (C=O) groups is 2. The molecular weight excluding hydrogens is 966 g/mol. The first-order valence-corrected chi connectivity index (χ1v) is 32.0. The maximum atomic E-state index is 12.7. The number of hydrogen-bond acceptors (Lipinski definition) is 8. The van der Waals surface area contributed by atoms with Gasteiger partial charge >= 0.3 is 19.8 Å². The third kappa shape index (κ3) is 59.7. The zero-order valence-corrected chi connectivity index (χ0v) is 49.3. The van der Waals surface area contributed by atoms with Crippen LogP contribution in [0.15, 0.2) is 122 Å². The molecule has 0 spiro atoms. The Balaban J connectivity index is 4.03. The molecule has 0 aromatic carbocycles. The average Bonchev–Trinajstić information content (AvgIpc) is 3.41. The lowest BCUT2D eigenvalue weighted by atomic mass is 10.0. The van der Waals surface area contributed by atoms with Crippen molar-refractivity contribution in [1.82, 2.24) is 0 Å². The first-order valence-electron chi connectivity index (χ1n) is 30.5. The number of nitrogens with two attached hydrogens (primary N) is 1. The molecule has 0 fully saturated rings. The summed E-state index contributed by atoms with van der Waals surface area (Å²) in [4.78, 5) is 35.2. The summed E-state index contributed by atoms with van der Waals surface area (Å²) in [7, 11) is -4.40. The number of hydrogen-bond donors (Lipinski definition) is 2. The Bertz CT molecular complexity index is 1660. The lowest BCUT2D eigenvalue weighted by Gasteiger charge is -2.19. The van der Waals surface area contributed by atoms with Crippen LogP contribution >= 0.6 is 7.82 Å². The van der Waals surface area contributed by atoms with E-state index in [0.29, 0.717) is 6.42 Å². The van der Waals surface area contributed by atoms with Gasteiger partial charge in [0.15, 0.2) is 6.10 Å². The molecule has 0 heterocycles. The zero-order valence-electron chi connectivity index (χ0n) is 48.4. The van der Waals surface area contributed by atoms with Crippen LogP contribution in [0.25, 0.3) is 0 Å². The lowest BCUT2D eigenvalue weighted by molar-refractivity contribution is -0.161. The second-order valence-electron chi connectivity index (χ2n) is 19.8. The number of esters is 2. The number of ether oxygens (including phenoxy) is 2. The highest BCUT2D eigenvalue weighted by molar-refractivity contribution is 7.47. The number of rotatable bonds is 56. The van der Waals surface area contributed by atoms with Gasteiger partial charge in [0.2, 0.25) is 0 Å². The van der Waals surface area contributed by atoms with E-state index in [4.69, 9.17) is 24.3 Å². The number of allylic oxidation sites excluding steroid dienone is 20. The third-order valence-corrected chi connectivity index (χ3v) is 13.6. The smallest absolute Gasteiger partial charge is 0.462 e. The van der Waals surface area contributed by atoms with E-state index >= 15 is 0 Å². The Hall–Kier alpha value is -3.59. The molecule has 0 aromatic heterocycles. The van der Waals surface area contributed by atoms with Crippen LogP contribution in [0.2, 0.25) is 0 Å². The summed E-state index contributed by atoms with van der Waals surface area (Å²) in [5.74, 6) is -0.844. The molecule has 2 atom stereocenters. The summed E-state index contributed by atoms with van der Waals surface area (Å²) < 4.78 is 33.0. The Labute approximate surface area is 466 Å². The first kappa shape index (κ1) is 72.4. The van der Waals surface area contributed by atoms with Gasteiger partial charge in [0, 0.05) is 19.4 Å². The molecule has 0 aliphatic carbocycles. The van der Waals surface area contributed by atoms with E-state index in [1.807, 2.05) is 0 Å². The van der Waals surface area contributed by atoms with Gasteiger partial charge in [-0.25, -0.2) is 4.57 Å². The fourth-order valence-electron chi connectivity index (χ4n) is 8.13. The van der Waals surface area contributed by atoms with Crippen LogP contribution in [0.1, 0.15) is 251 Å². The van der Waals surface area contributed by atoms with Gasteiger partial charge in [0.05, 0.1) is 13.2 Å². The molecule has 76 heavy (non-hydrogen) atoms. The van der Waals surface area contributed by atoms with Crippen LogP contribution in [0.5, 0.6) is 0 Å². The van der Waals surface area contributed by atoms with Crippen molar-refractivity contribution in [2.45, 2.75) is 258 Å². The van der Waals surface area contributed by atoms with Crippen LogP contribution in [0, 0.1) is 0 Å². The molecule has 2 unspecified atom stereocenters. The molecule has 3 N–H and O–H groups in total. The molecule has 10 heteroatoms. The number of phosphoric acid groups is 1. The summed E-state index contributed by atoms with van der Waals surface area (Å²) in [5.41, 5.74) is 5.38. The van der Waals surface area contributed by atoms with E-state index < -0.39 is 26.5 Å². The standard InChI is InChI=1S/C66H112NO8P/c1-3-5-7-9-11-13-15-17-19-21-23-24-25-26-27-28-29-30-31-32-33-34-35-36-37-38-39-40-41-43-45-47-49-51-53-55-57-59-66(69)75-64(63-74-76(70,71)73-61-60-67)62-72-65(68)58-56-54-52-50-48-46-44-42-22-20-18-16-14-12-10-8-6-4-2/h5,7,11,13,17,19,23-24,26-27,29-30,32-33,35-36,38-39,41,43,64H,3-4,6,8-10,12,14-16,18,20-22,25,28,31,34,37,40,42,44-63,67H2,1-2H3,(H,70,71)/b7-5-,13-11-,19-17-,24-23-,27-26-,30-29-,33-32-,36-35-,39-38-,43-41-. The Morgan fingerprint density at radius 3 is 1.08 bits per heavy atom. The van der Waals surface area contributed by atoms with Crippen LogP contribution in [-0.2, 0) is 32.7 Å². The normalized spacial score (nSPS) is 13.9. The Morgan fingerprint density at radius 1 is 0.408 bits per heavy atom. The fraction of sp³-hybridized carbons (Fsp3) is 0.667. The minimum Gasteiger partial charge on any atom is -0.462 e.